The smallest absolute Gasteiger partial charge is 0.124 e. The number of hydrogen-bond donors (Lipinski definition) is 2. The molecule has 0 aliphatic rings. The van der Waals surface area contributed by atoms with Crippen molar-refractivity contribution in [2.75, 3.05) is 13.7 Å². The van der Waals surface area contributed by atoms with Gasteiger partial charge < -0.3 is 9.30 Å². The van der Waals surface area contributed by atoms with E-state index < -0.39 is 0 Å². The van der Waals surface area contributed by atoms with Gasteiger partial charge in [0, 0.05) is 26.0 Å². The summed E-state index contributed by atoms with van der Waals surface area (Å²) in [5.41, 5.74) is 2.56. The van der Waals surface area contributed by atoms with Crippen LogP contribution in [0.4, 0.5) is 0 Å². The highest BCUT2D eigenvalue weighted by molar-refractivity contribution is 4.91. The fourth-order valence-electron chi connectivity index (χ4n) is 0.992. The summed E-state index contributed by atoms with van der Waals surface area (Å²) in [5.74, 6) is 6.11. The monoisotopic (exact) mass is 170 g/mol. The molecule has 0 radical (unpaired) electrons. The second-order valence-corrected chi connectivity index (χ2v) is 2.41. The Morgan fingerprint density at radius 1 is 1.75 bits per heavy atom. The summed E-state index contributed by atoms with van der Waals surface area (Å²) in [6.45, 7) is 2.08. The van der Waals surface area contributed by atoms with Crippen molar-refractivity contribution in [3.63, 3.8) is 0 Å². The van der Waals surface area contributed by atoms with Gasteiger partial charge in [-0.05, 0) is 0 Å². The fourth-order valence-corrected chi connectivity index (χ4v) is 0.992. The van der Waals surface area contributed by atoms with Crippen LogP contribution in [0.5, 0.6) is 0 Å². The molecule has 1 aromatic rings. The van der Waals surface area contributed by atoms with Gasteiger partial charge in [-0.15, -0.1) is 0 Å². The number of rotatable bonds is 5. The number of nitrogens with one attached hydrogen (secondary N) is 1. The molecule has 0 saturated heterocycles. The lowest BCUT2D eigenvalue weighted by Crippen LogP contribution is -2.23. The van der Waals surface area contributed by atoms with E-state index in [1.807, 2.05) is 10.8 Å². The predicted molar refractivity (Wildman–Crippen MR) is 45.1 cm³/mol. The molecule has 0 spiro atoms. The molecule has 0 bridgehead atoms. The van der Waals surface area contributed by atoms with Crippen LogP contribution in [0.3, 0.4) is 0 Å². The molecule has 0 aliphatic carbocycles. The van der Waals surface area contributed by atoms with E-state index in [4.69, 9.17) is 10.6 Å². The molecular formula is C7H14N4O. The van der Waals surface area contributed by atoms with Gasteiger partial charge in [0.25, 0.3) is 0 Å². The van der Waals surface area contributed by atoms with Crippen molar-refractivity contribution in [1.29, 1.82) is 0 Å². The van der Waals surface area contributed by atoms with Gasteiger partial charge in [0.05, 0.1) is 13.2 Å². The first-order chi connectivity index (χ1) is 5.88. The molecule has 1 heterocycles. The lowest BCUT2D eigenvalue weighted by molar-refractivity contribution is 0.186. The normalized spacial score (nSPS) is 10.5. The molecule has 0 aromatic carbocycles. The minimum Gasteiger partial charge on any atom is -0.383 e. The molecule has 0 saturated carbocycles. The number of aromatic nitrogens is 2. The third-order valence-corrected chi connectivity index (χ3v) is 1.60. The van der Waals surface area contributed by atoms with Crippen LogP contribution in [0.15, 0.2) is 12.4 Å². The molecule has 0 fully saturated rings. The maximum Gasteiger partial charge on any atom is 0.124 e. The molecule has 12 heavy (non-hydrogen) atoms. The van der Waals surface area contributed by atoms with Crippen LogP contribution in [0.25, 0.3) is 0 Å². The number of imidazole rings is 1. The molecule has 5 nitrogen and oxygen atoms in total. The van der Waals surface area contributed by atoms with Gasteiger partial charge in [-0.1, -0.05) is 0 Å². The minimum atomic E-state index is 0.580. The molecule has 1 aromatic heterocycles. The van der Waals surface area contributed by atoms with E-state index in [1.165, 1.54) is 0 Å². The Morgan fingerprint density at radius 2 is 2.58 bits per heavy atom. The first-order valence-electron chi connectivity index (χ1n) is 3.81. The zero-order valence-electron chi connectivity index (χ0n) is 7.16. The third kappa shape index (κ3) is 2.30. The Labute approximate surface area is 71.5 Å². The Morgan fingerprint density at radius 3 is 3.25 bits per heavy atom. The first kappa shape index (κ1) is 9.18. The Bertz CT molecular complexity index is 223. The Balaban J connectivity index is 2.51. The second-order valence-electron chi connectivity index (χ2n) is 2.41. The van der Waals surface area contributed by atoms with E-state index in [0.29, 0.717) is 13.2 Å². The van der Waals surface area contributed by atoms with Crippen LogP contribution < -0.4 is 11.3 Å². The van der Waals surface area contributed by atoms with Crippen molar-refractivity contribution >= 4 is 0 Å². The van der Waals surface area contributed by atoms with Gasteiger partial charge in [0.2, 0.25) is 0 Å². The van der Waals surface area contributed by atoms with Crippen LogP contribution in [0.2, 0.25) is 0 Å². The number of hydrazine groups is 1. The van der Waals surface area contributed by atoms with Crippen LogP contribution in [0.1, 0.15) is 5.82 Å². The Hall–Kier alpha value is -0.910. The minimum absolute atomic E-state index is 0.580. The van der Waals surface area contributed by atoms with Crippen molar-refractivity contribution in [1.82, 2.24) is 15.0 Å². The Kier molecular flexibility index (Phi) is 3.72. The molecular weight excluding hydrogens is 156 g/mol. The highest BCUT2D eigenvalue weighted by Gasteiger charge is 1.99. The predicted octanol–water partition coefficient (Wildman–Crippen LogP) is -0.507. The SMILES string of the molecule is COCCn1ccnc1CNN. The zero-order valence-corrected chi connectivity index (χ0v) is 7.16. The van der Waals surface area contributed by atoms with E-state index in [0.717, 1.165) is 12.4 Å². The fraction of sp³-hybridized carbons (Fsp3) is 0.571. The number of nitrogens with zero attached hydrogens (tertiary/aromatic N) is 2. The van der Waals surface area contributed by atoms with Gasteiger partial charge in [0.1, 0.15) is 5.82 Å². The summed E-state index contributed by atoms with van der Waals surface area (Å²) in [6.07, 6.45) is 3.66. The van der Waals surface area contributed by atoms with Crippen LogP contribution in [-0.2, 0) is 17.8 Å². The lowest BCUT2D eigenvalue weighted by atomic mass is 10.5. The van der Waals surface area contributed by atoms with Crippen molar-refractivity contribution in [2.45, 2.75) is 13.1 Å². The van der Waals surface area contributed by atoms with Crippen molar-refractivity contribution < 1.29 is 4.74 Å². The molecule has 5 heteroatoms. The van der Waals surface area contributed by atoms with Crippen molar-refractivity contribution in [3.8, 4) is 0 Å². The van der Waals surface area contributed by atoms with Gasteiger partial charge in [-0.2, -0.15) is 0 Å². The van der Waals surface area contributed by atoms with Gasteiger partial charge >= 0.3 is 0 Å². The summed E-state index contributed by atoms with van der Waals surface area (Å²) in [5, 5.41) is 0. The molecule has 0 unspecified atom stereocenters. The van der Waals surface area contributed by atoms with Gasteiger partial charge in [-0.3, -0.25) is 11.3 Å². The summed E-state index contributed by atoms with van der Waals surface area (Å²) in [6, 6.07) is 0. The highest BCUT2D eigenvalue weighted by atomic mass is 16.5. The van der Waals surface area contributed by atoms with Crippen molar-refractivity contribution in [3.05, 3.63) is 18.2 Å². The molecule has 68 valence electrons. The maximum absolute atomic E-state index is 5.18. The van der Waals surface area contributed by atoms with E-state index in [1.54, 1.807) is 13.3 Å². The zero-order chi connectivity index (χ0) is 8.81. The lowest BCUT2D eigenvalue weighted by Gasteiger charge is -2.05. The number of ether oxygens (including phenoxy) is 1. The average Bonchev–Trinajstić information content (AvgIpc) is 2.50. The maximum atomic E-state index is 5.18. The van der Waals surface area contributed by atoms with E-state index >= 15 is 0 Å². The quantitative estimate of drug-likeness (QED) is 0.461. The summed E-state index contributed by atoms with van der Waals surface area (Å²) < 4.78 is 6.95. The molecule has 1 rings (SSSR count). The van der Waals surface area contributed by atoms with Gasteiger partial charge in [-0.25, -0.2) is 4.98 Å². The van der Waals surface area contributed by atoms with Crippen molar-refractivity contribution in [2.24, 2.45) is 5.84 Å². The summed E-state index contributed by atoms with van der Waals surface area (Å²) >= 11 is 0. The molecule has 0 atom stereocenters. The molecule has 0 aliphatic heterocycles. The number of nitrogens with two attached hydrogens (primary N) is 1. The van der Waals surface area contributed by atoms with Crippen LogP contribution in [0, 0.1) is 0 Å². The second kappa shape index (κ2) is 4.87. The summed E-state index contributed by atoms with van der Waals surface area (Å²) in [4.78, 5) is 4.12. The van der Waals surface area contributed by atoms with Gasteiger partial charge in [0.15, 0.2) is 0 Å². The molecule has 3 N–H and O–H groups in total. The molecule has 0 amide bonds. The first-order valence-corrected chi connectivity index (χ1v) is 3.81. The highest BCUT2D eigenvalue weighted by Crippen LogP contribution is 1.96. The summed E-state index contributed by atoms with van der Waals surface area (Å²) in [7, 11) is 1.68. The van der Waals surface area contributed by atoms with E-state index in [9.17, 15) is 0 Å². The van der Waals surface area contributed by atoms with E-state index in [2.05, 4.69) is 10.4 Å². The standard InChI is InChI=1S/C7H14N4O/c1-12-5-4-11-3-2-9-7(11)6-10-8/h2-3,10H,4-6,8H2,1H3. The topological polar surface area (TPSA) is 65.1 Å². The number of hydrogen-bond acceptors (Lipinski definition) is 4. The van der Waals surface area contributed by atoms with Crippen LogP contribution in [-0.4, -0.2) is 23.3 Å². The van der Waals surface area contributed by atoms with Crippen LogP contribution >= 0.6 is 0 Å². The third-order valence-electron chi connectivity index (χ3n) is 1.60. The largest absolute Gasteiger partial charge is 0.383 e. The van der Waals surface area contributed by atoms with E-state index in [-0.39, 0.29) is 0 Å². The average molecular weight is 170 g/mol. The number of methoxy groups -OCH3 is 1.